The molecule has 1 aromatic carbocycles. The highest BCUT2D eigenvalue weighted by Crippen LogP contribution is 2.28. The number of hydrogen-bond acceptors (Lipinski definition) is 5. The summed E-state index contributed by atoms with van der Waals surface area (Å²) in [6.07, 6.45) is 1.39. The van der Waals surface area contributed by atoms with Gasteiger partial charge in [0.25, 0.3) is 5.56 Å². The number of hydrogen-bond donors (Lipinski definition) is 2. The van der Waals surface area contributed by atoms with Crippen molar-refractivity contribution in [2.75, 3.05) is 6.61 Å². The van der Waals surface area contributed by atoms with Gasteiger partial charge in [-0.25, -0.2) is 9.97 Å². The molecule has 108 valence electrons. The summed E-state index contributed by atoms with van der Waals surface area (Å²) < 4.78 is 6.01. The molecule has 3 aromatic rings. The van der Waals surface area contributed by atoms with Gasteiger partial charge in [0.05, 0.1) is 24.0 Å². The highest BCUT2D eigenvalue weighted by atomic mass is 127. The lowest BCUT2D eigenvalue weighted by molar-refractivity contribution is 0.340. The third kappa shape index (κ3) is 3.05. The molecule has 0 amide bonds. The quantitative estimate of drug-likeness (QED) is 0.507. The summed E-state index contributed by atoms with van der Waals surface area (Å²) in [5, 5.41) is 1.32. The lowest BCUT2D eigenvalue weighted by Gasteiger charge is -2.00. The van der Waals surface area contributed by atoms with Crippen LogP contribution in [0, 0.1) is 3.57 Å². The molecule has 0 bridgehead atoms. The number of nitrogens with zero attached hydrogens (tertiary/aromatic N) is 2. The fourth-order valence-electron chi connectivity index (χ4n) is 1.80. The van der Waals surface area contributed by atoms with Gasteiger partial charge in [-0.1, -0.05) is 0 Å². The van der Waals surface area contributed by atoms with Gasteiger partial charge in [0.15, 0.2) is 5.16 Å². The number of nitrogens with one attached hydrogen (secondary N) is 2. The van der Waals surface area contributed by atoms with Crippen molar-refractivity contribution in [1.29, 1.82) is 0 Å². The second-order valence-corrected chi connectivity index (χ2v) is 6.16. The topological polar surface area (TPSA) is 83.7 Å². The molecule has 0 saturated heterocycles. The van der Waals surface area contributed by atoms with Gasteiger partial charge in [0.1, 0.15) is 14.3 Å². The molecule has 6 nitrogen and oxygen atoms in total. The van der Waals surface area contributed by atoms with E-state index in [-0.39, 0.29) is 5.56 Å². The van der Waals surface area contributed by atoms with E-state index in [1.165, 1.54) is 18.1 Å². The third-order valence-corrected chi connectivity index (χ3v) is 4.96. The van der Waals surface area contributed by atoms with E-state index in [1.807, 2.05) is 47.7 Å². The number of imidazole rings is 1. The Kier molecular flexibility index (Phi) is 4.15. The van der Waals surface area contributed by atoms with Gasteiger partial charge in [-0.2, -0.15) is 0 Å². The van der Waals surface area contributed by atoms with Crippen molar-refractivity contribution in [3.05, 3.63) is 38.5 Å². The second-order valence-electron chi connectivity index (χ2n) is 4.11. The normalized spacial score (nSPS) is 11.0. The van der Waals surface area contributed by atoms with Gasteiger partial charge in [-0.15, -0.1) is 0 Å². The van der Waals surface area contributed by atoms with E-state index >= 15 is 0 Å². The Balaban J connectivity index is 1.94. The van der Waals surface area contributed by atoms with E-state index in [2.05, 4.69) is 19.9 Å². The zero-order valence-corrected chi connectivity index (χ0v) is 14.0. The Labute approximate surface area is 137 Å². The molecule has 3 rings (SSSR count). The summed E-state index contributed by atoms with van der Waals surface area (Å²) in [6.45, 7) is 2.56. The first-order valence-corrected chi connectivity index (χ1v) is 8.10. The van der Waals surface area contributed by atoms with Crippen molar-refractivity contribution >= 4 is 45.4 Å². The van der Waals surface area contributed by atoms with Crippen LogP contribution in [0.3, 0.4) is 0 Å². The number of halogens is 1. The van der Waals surface area contributed by atoms with Gasteiger partial charge < -0.3 is 14.7 Å². The van der Waals surface area contributed by atoms with Crippen molar-refractivity contribution in [2.24, 2.45) is 0 Å². The lowest BCUT2D eigenvalue weighted by Crippen LogP contribution is -2.11. The summed E-state index contributed by atoms with van der Waals surface area (Å²) in [6, 6.07) is 5.69. The first-order chi connectivity index (χ1) is 10.2. The Morgan fingerprint density at radius 2 is 2.29 bits per heavy atom. The van der Waals surface area contributed by atoms with Crippen LogP contribution in [0.1, 0.15) is 6.92 Å². The van der Waals surface area contributed by atoms with E-state index in [1.54, 1.807) is 0 Å². The molecule has 0 aliphatic heterocycles. The molecule has 0 aliphatic carbocycles. The minimum atomic E-state index is -0.150. The molecule has 0 radical (unpaired) electrons. The number of benzene rings is 1. The van der Waals surface area contributed by atoms with Gasteiger partial charge >= 0.3 is 0 Å². The van der Waals surface area contributed by atoms with E-state index in [0.29, 0.717) is 20.4 Å². The van der Waals surface area contributed by atoms with Crippen LogP contribution in [-0.2, 0) is 0 Å². The molecule has 2 N–H and O–H groups in total. The van der Waals surface area contributed by atoms with Crippen molar-refractivity contribution in [1.82, 2.24) is 19.9 Å². The number of aromatic nitrogens is 4. The van der Waals surface area contributed by atoms with Crippen molar-refractivity contribution in [3.63, 3.8) is 0 Å². The minimum absolute atomic E-state index is 0.150. The maximum Gasteiger partial charge on any atom is 0.265 e. The van der Waals surface area contributed by atoms with Crippen LogP contribution in [-0.4, -0.2) is 26.5 Å². The fraction of sp³-hybridized carbons (Fsp3) is 0.154. The Morgan fingerprint density at radius 3 is 3.10 bits per heavy atom. The Hall–Kier alpha value is -1.55. The van der Waals surface area contributed by atoms with Gasteiger partial charge in [0, 0.05) is 6.07 Å². The molecular formula is C13H11IN4O2S. The summed E-state index contributed by atoms with van der Waals surface area (Å²) in [7, 11) is 0. The first kappa shape index (κ1) is 14.4. The van der Waals surface area contributed by atoms with Crippen LogP contribution < -0.4 is 10.3 Å². The summed E-state index contributed by atoms with van der Waals surface area (Å²) >= 11 is 3.30. The lowest BCUT2D eigenvalue weighted by atomic mass is 10.3. The predicted molar refractivity (Wildman–Crippen MR) is 89.0 cm³/mol. The van der Waals surface area contributed by atoms with Crippen molar-refractivity contribution < 1.29 is 4.74 Å². The van der Waals surface area contributed by atoms with E-state index < -0.39 is 0 Å². The summed E-state index contributed by atoms with van der Waals surface area (Å²) in [5.74, 6) is 0.800. The molecule has 2 aromatic heterocycles. The second kappa shape index (κ2) is 6.06. The smallest absolute Gasteiger partial charge is 0.265 e. The average molecular weight is 414 g/mol. The molecule has 0 aliphatic rings. The van der Waals surface area contributed by atoms with E-state index in [0.717, 1.165) is 16.8 Å². The number of aromatic amines is 2. The molecule has 0 fully saturated rings. The van der Waals surface area contributed by atoms with Crippen LogP contribution in [0.15, 0.2) is 39.5 Å². The number of fused-ring (bicyclic) bond motifs is 1. The SMILES string of the molecule is CCOc1ccc2nc(Sc3nc[nH]c(=O)c3I)[nH]c2c1. The molecular weight excluding hydrogens is 403 g/mol. The third-order valence-electron chi connectivity index (χ3n) is 2.70. The molecule has 0 atom stereocenters. The van der Waals surface area contributed by atoms with Crippen LogP contribution in [0.25, 0.3) is 11.0 Å². The van der Waals surface area contributed by atoms with Crippen LogP contribution in [0.5, 0.6) is 5.75 Å². The summed E-state index contributed by atoms with van der Waals surface area (Å²) in [5.41, 5.74) is 1.59. The van der Waals surface area contributed by atoms with Crippen molar-refractivity contribution in [3.8, 4) is 5.75 Å². The van der Waals surface area contributed by atoms with Crippen LogP contribution >= 0.6 is 34.4 Å². The maximum absolute atomic E-state index is 11.6. The molecule has 21 heavy (non-hydrogen) atoms. The van der Waals surface area contributed by atoms with Crippen LogP contribution in [0.4, 0.5) is 0 Å². The molecule has 0 unspecified atom stereocenters. The minimum Gasteiger partial charge on any atom is -0.494 e. The molecule has 0 saturated carbocycles. The van der Waals surface area contributed by atoms with Gasteiger partial charge in [0.2, 0.25) is 0 Å². The average Bonchev–Trinajstić information content (AvgIpc) is 2.86. The Morgan fingerprint density at radius 1 is 1.43 bits per heavy atom. The van der Waals surface area contributed by atoms with E-state index in [9.17, 15) is 4.79 Å². The summed E-state index contributed by atoms with van der Waals surface area (Å²) in [4.78, 5) is 25.9. The van der Waals surface area contributed by atoms with Gasteiger partial charge in [-0.3, -0.25) is 4.79 Å². The highest BCUT2D eigenvalue weighted by molar-refractivity contribution is 14.1. The standard InChI is InChI=1S/C13H11IN4O2S/c1-2-20-7-3-4-8-9(5-7)18-13(17-8)21-12-10(14)11(19)15-6-16-12/h3-6H,2H2,1H3,(H,17,18)(H,15,16,19). The molecule has 0 spiro atoms. The predicted octanol–water partition coefficient (Wildman–Crippen LogP) is 2.80. The Bertz CT molecular complexity index is 846. The molecule has 8 heteroatoms. The largest absolute Gasteiger partial charge is 0.494 e. The van der Waals surface area contributed by atoms with Crippen LogP contribution in [0.2, 0.25) is 0 Å². The van der Waals surface area contributed by atoms with Gasteiger partial charge in [-0.05, 0) is 53.4 Å². The maximum atomic E-state index is 11.6. The number of ether oxygens (including phenoxy) is 1. The zero-order chi connectivity index (χ0) is 14.8. The van der Waals surface area contributed by atoms with E-state index in [4.69, 9.17) is 4.74 Å². The first-order valence-electron chi connectivity index (χ1n) is 6.21. The zero-order valence-electron chi connectivity index (χ0n) is 11.0. The fourth-order valence-corrected chi connectivity index (χ4v) is 3.20. The van der Waals surface area contributed by atoms with Crippen molar-refractivity contribution in [2.45, 2.75) is 17.1 Å². The monoisotopic (exact) mass is 414 g/mol. The molecule has 2 heterocycles. The number of rotatable bonds is 4. The highest BCUT2D eigenvalue weighted by Gasteiger charge is 2.11. The number of H-pyrrole nitrogens is 2.